The number of hydrogen-bond acceptors (Lipinski definition) is 8. The number of rotatable bonds is 9. The van der Waals surface area contributed by atoms with E-state index in [1.54, 1.807) is 30.5 Å². The van der Waals surface area contributed by atoms with Crippen LogP contribution in [0.25, 0.3) is 0 Å². The Morgan fingerprint density at radius 2 is 2.04 bits per heavy atom. The van der Waals surface area contributed by atoms with E-state index in [-0.39, 0.29) is 17.9 Å². The third-order valence-corrected chi connectivity index (χ3v) is 5.89. The third-order valence-electron chi connectivity index (χ3n) is 3.38. The van der Waals surface area contributed by atoms with E-state index in [1.165, 1.54) is 23.5 Å². The third kappa shape index (κ3) is 5.96. The summed E-state index contributed by atoms with van der Waals surface area (Å²) in [5.74, 6) is -2.41. The van der Waals surface area contributed by atoms with Crippen molar-refractivity contribution in [1.29, 1.82) is 5.26 Å². The van der Waals surface area contributed by atoms with Gasteiger partial charge in [0.2, 0.25) is 10.0 Å². The molecule has 142 valence electrons. The average Bonchev–Trinajstić information content (AvgIpc) is 3.07. The molecule has 1 aromatic carbocycles. The number of esters is 1. The maximum Gasteiger partial charge on any atom is 0.307 e. The van der Waals surface area contributed by atoms with Crippen LogP contribution in [0.5, 0.6) is 0 Å². The van der Waals surface area contributed by atoms with Crippen molar-refractivity contribution >= 4 is 33.1 Å². The number of nitrogens with zero attached hydrogens (tertiary/aromatic N) is 2. The Morgan fingerprint density at radius 3 is 2.63 bits per heavy atom. The van der Waals surface area contributed by atoms with Crippen molar-refractivity contribution in [2.75, 3.05) is 13.2 Å². The van der Waals surface area contributed by atoms with Crippen LogP contribution in [0.1, 0.15) is 23.0 Å². The molecule has 0 radical (unpaired) electrons. The minimum absolute atomic E-state index is 0.0872. The van der Waals surface area contributed by atoms with Gasteiger partial charge in [-0.15, -0.1) is 11.3 Å². The van der Waals surface area contributed by atoms with E-state index in [2.05, 4.69) is 9.71 Å². The van der Waals surface area contributed by atoms with Gasteiger partial charge < -0.3 is 4.74 Å². The number of carbonyl (C=O) groups is 2. The monoisotopic (exact) mass is 407 g/mol. The molecule has 0 aliphatic rings. The molecule has 0 spiro atoms. The van der Waals surface area contributed by atoms with E-state index in [0.29, 0.717) is 10.7 Å². The van der Waals surface area contributed by atoms with E-state index in [4.69, 9.17) is 10.00 Å². The van der Waals surface area contributed by atoms with Crippen LogP contribution in [0, 0.1) is 18.3 Å². The van der Waals surface area contributed by atoms with Crippen molar-refractivity contribution in [2.45, 2.75) is 24.2 Å². The molecular formula is C17H17N3O5S2. The fourth-order valence-corrected chi connectivity index (χ4v) is 3.96. The molecule has 0 saturated carbocycles. The quantitative estimate of drug-likeness (QED) is 0.625. The first-order chi connectivity index (χ1) is 12.8. The molecule has 0 fully saturated rings. The maximum absolute atomic E-state index is 12.1. The SMILES string of the molecule is Cc1csc([C@@H](C#N)C(=O)COC(=O)CCNS(=O)(=O)c2ccccc2)n1. The first-order valence-electron chi connectivity index (χ1n) is 7.88. The Hall–Kier alpha value is -2.61. The summed E-state index contributed by atoms with van der Waals surface area (Å²) in [7, 11) is -3.71. The lowest BCUT2D eigenvalue weighted by Gasteiger charge is -2.08. The molecule has 0 aliphatic heterocycles. The van der Waals surface area contributed by atoms with Crippen molar-refractivity contribution in [3.8, 4) is 6.07 Å². The zero-order chi connectivity index (χ0) is 19.9. The Labute approximate surface area is 160 Å². The van der Waals surface area contributed by atoms with Gasteiger partial charge >= 0.3 is 5.97 Å². The minimum atomic E-state index is -3.71. The number of nitrogens with one attached hydrogen (secondary N) is 1. The van der Waals surface area contributed by atoms with Gasteiger partial charge in [0.15, 0.2) is 18.3 Å². The van der Waals surface area contributed by atoms with Gasteiger partial charge in [0.05, 0.1) is 17.4 Å². The van der Waals surface area contributed by atoms with Crippen LogP contribution in [0.4, 0.5) is 0 Å². The van der Waals surface area contributed by atoms with E-state index in [1.807, 2.05) is 6.07 Å². The highest BCUT2D eigenvalue weighted by atomic mass is 32.2. The van der Waals surface area contributed by atoms with Crippen molar-refractivity contribution < 1.29 is 22.7 Å². The highest BCUT2D eigenvalue weighted by Crippen LogP contribution is 2.20. The van der Waals surface area contributed by atoms with Gasteiger partial charge in [-0.3, -0.25) is 9.59 Å². The van der Waals surface area contributed by atoms with Crippen molar-refractivity contribution in [2.24, 2.45) is 0 Å². The minimum Gasteiger partial charge on any atom is -0.458 e. The van der Waals surface area contributed by atoms with E-state index in [0.717, 1.165) is 0 Å². The topological polar surface area (TPSA) is 126 Å². The van der Waals surface area contributed by atoms with Crippen LogP contribution in [-0.2, 0) is 24.3 Å². The van der Waals surface area contributed by atoms with Gasteiger partial charge in [-0.05, 0) is 19.1 Å². The second-order valence-corrected chi connectivity index (χ2v) is 8.13. The van der Waals surface area contributed by atoms with Gasteiger partial charge in [-0.2, -0.15) is 5.26 Å². The second kappa shape index (κ2) is 9.36. The summed E-state index contributed by atoms with van der Waals surface area (Å²) in [5, 5.41) is 11.2. The fourth-order valence-electron chi connectivity index (χ4n) is 2.05. The summed E-state index contributed by atoms with van der Waals surface area (Å²) >= 11 is 1.19. The molecule has 1 N–H and O–H groups in total. The Morgan fingerprint density at radius 1 is 1.33 bits per heavy atom. The van der Waals surface area contributed by atoms with E-state index in [9.17, 15) is 18.0 Å². The molecular weight excluding hydrogens is 390 g/mol. The zero-order valence-electron chi connectivity index (χ0n) is 14.4. The number of aryl methyl sites for hydroxylation is 1. The lowest BCUT2D eigenvalue weighted by molar-refractivity contribution is -0.147. The predicted molar refractivity (Wildman–Crippen MR) is 97.4 cm³/mol. The summed E-state index contributed by atoms with van der Waals surface area (Å²) in [4.78, 5) is 28.0. The average molecular weight is 407 g/mol. The van der Waals surface area contributed by atoms with Crippen LogP contribution in [0.15, 0.2) is 40.6 Å². The highest BCUT2D eigenvalue weighted by Gasteiger charge is 2.24. The van der Waals surface area contributed by atoms with Crippen molar-refractivity contribution in [3.05, 3.63) is 46.4 Å². The van der Waals surface area contributed by atoms with Gasteiger partial charge in [0, 0.05) is 17.6 Å². The van der Waals surface area contributed by atoms with Crippen LogP contribution in [0.3, 0.4) is 0 Å². The van der Waals surface area contributed by atoms with Crippen LogP contribution in [-0.4, -0.2) is 38.3 Å². The largest absolute Gasteiger partial charge is 0.458 e. The number of sulfonamides is 1. The molecule has 0 amide bonds. The molecule has 27 heavy (non-hydrogen) atoms. The molecule has 10 heteroatoms. The Bertz CT molecular complexity index is 948. The molecule has 2 rings (SSSR count). The number of Topliss-reactive ketones (excluding diaryl/α,β-unsaturated/α-hetero) is 1. The number of hydrogen-bond donors (Lipinski definition) is 1. The van der Waals surface area contributed by atoms with E-state index < -0.39 is 34.3 Å². The summed E-state index contributed by atoms with van der Waals surface area (Å²) in [6, 6.07) is 9.58. The van der Waals surface area contributed by atoms with Gasteiger partial charge in [-0.1, -0.05) is 18.2 Å². The van der Waals surface area contributed by atoms with Crippen LogP contribution >= 0.6 is 11.3 Å². The summed E-state index contributed by atoms with van der Waals surface area (Å²) in [6.45, 7) is 1.01. The molecule has 1 aromatic heterocycles. The molecule has 0 bridgehead atoms. The van der Waals surface area contributed by atoms with Crippen LogP contribution < -0.4 is 4.72 Å². The number of aromatic nitrogens is 1. The number of thiazole rings is 1. The van der Waals surface area contributed by atoms with Gasteiger partial charge in [-0.25, -0.2) is 18.1 Å². The van der Waals surface area contributed by atoms with Gasteiger partial charge in [0.25, 0.3) is 0 Å². The van der Waals surface area contributed by atoms with Crippen molar-refractivity contribution in [1.82, 2.24) is 9.71 Å². The summed E-state index contributed by atoms with van der Waals surface area (Å²) < 4.78 is 31.1. The number of carbonyl (C=O) groups excluding carboxylic acids is 2. The Balaban J connectivity index is 1.79. The normalized spacial score (nSPS) is 12.1. The number of nitriles is 1. The lowest BCUT2D eigenvalue weighted by atomic mass is 10.1. The number of benzene rings is 1. The first-order valence-corrected chi connectivity index (χ1v) is 10.2. The maximum atomic E-state index is 12.1. The molecule has 0 aliphatic carbocycles. The molecule has 2 aromatic rings. The smallest absolute Gasteiger partial charge is 0.307 e. The second-order valence-electron chi connectivity index (χ2n) is 5.48. The standard InChI is InChI=1S/C17H17N3O5S2/c1-12-11-26-17(20-12)14(9-18)15(21)10-25-16(22)7-8-19-27(23,24)13-5-3-2-4-6-13/h2-6,11,14,19H,7-8,10H2,1H3/t14-/m0/s1. The predicted octanol–water partition coefficient (Wildman–Crippen LogP) is 1.54. The van der Waals surface area contributed by atoms with Crippen molar-refractivity contribution in [3.63, 3.8) is 0 Å². The molecule has 1 atom stereocenters. The number of ketones is 1. The molecule has 0 unspecified atom stereocenters. The Kier molecular flexibility index (Phi) is 7.18. The molecule has 8 nitrogen and oxygen atoms in total. The fraction of sp³-hybridized carbons (Fsp3) is 0.294. The van der Waals surface area contributed by atoms with Gasteiger partial charge in [0.1, 0.15) is 5.01 Å². The molecule has 0 saturated heterocycles. The number of ether oxygens (including phenoxy) is 1. The zero-order valence-corrected chi connectivity index (χ0v) is 16.0. The summed E-state index contributed by atoms with van der Waals surface area (Å²) in [5.41, 5.74) is 0.700. The first kappa shape index (κ1) is 20.7. The van der Waals surface area contributed by atoms with E-state index >= 15 is 0 Å². The summed E-state index contributed by atoms with van der Waals surface area (Å²) in [6.07, 6.45) is -0.243. The van der Waals surface area contributed by atoms with Crippen LogP contribution in [0.2, 0.25) is 0 Å². The lowest BCUT2D eigenvalue weighted by Crippen LogP contribution is -2.27. The molecule has 1 heterocycles. The highest BCUT2D eigenvalue weighted by molar-refractivity contribution is 7.89.